The first-order valence-electron chi connectivity index (χ1n) is 10.4. The minimum Gasteiger partial charge on any atom is -0.499 e. The quantitative estimate of drug-likeness (QED) is 0.179. The SMILES string of the molecule is CO/C(C)=C(\C(=O)O)N1C(=O)C(NC(=O)COc2ccccc2)C1SSc1nc2ccccc2o1. The Kier molecular flexibility index (Phi) is 7.51. The number of nitrogens with one attached hydrogen (secondary N) is 1. The number of ether oxygens (including phenoxy) is 2. The molecule has 0 aliphatic carbocycles. The maximum absolute atomic E-state index is 13.0. The van der Waals surface area contributed by atoms with Gasteiger partial charge in [0.25, 0.3) is 17.0 Å². The first-order chi connectivity index (χ1) is 16.9. The minimum atomic E-state index is -1.33. The molecule has 2 aromatic carbocycles. The monoisotopic (exact) mass is 515 g/mol. The van der Waals surface area contributed by atoms with Crippen molar-refractivity contribution >= 4 is 50.5 Å². The first-order valence-corrected chi connectivity index (χ1v) is 12.6. The fraction of sp³-hybridized carbons (Fsp3) is 0.217. The van der Waals surface area contributed by atoms with Gasteiger partial charge in [-0.2, -0.15) is 0 Å². The average molecular weight is 516 g/mol. The summed E-state index contributed by atoms with van der Waals surface area (Å²) in [4.78, 5) is 42.8. The highest BCUT2D eigenvalue weighted by Gasteiger charge is 2.53. The molecule has 2 amide bonds. The molecule has 2 unspecified atom stereocenters. The van der Waals surface area contributed by atoms with Gasteiger partial charge in [0, 0.05) is 10.8 Å². The van der Waals surface area contributed by atoms with E-state index in [1.807, 2.05) is 18.2 Å². The lowest BCUT2D eigenvalue weighted by Crippen LogP contribution is -2.69. The van der Waals surface area contributed by atoms with E-state index < -0.39 is 29.2 Å². The van der Waals surface area contributed by atoms with Gasteiger partial charge in [-0.1, -0.05) is 41.1 Å². The van der Waals surface area contributed by atoms with E-state index in [0.29, 0.717) is 22.1 Å². The van der Waals surface area contributed by atoms with E-state index in [0.717, 1.165) is 26.5 Å². The van der Waals surface area contributed by atoms with Gasteiger partial charge in [0.05, 0.1) is 7.11 Å². The number of carboxylic acids is 1. The number of carbonyl (C=O) groups is 3. The Labute approximate surface area is 208 Å². The number of hydrogen-bond donors (Lipinski definition) is 2. The van der Waals surface area contributed by atoms with Gasteiger partial charge in [-0.3, -0.25) is 14.5 Å². The summed E-state index contributed by atoms with van der Waals surface area (Å²) < 4.78 is 16.2. The number of para-hydroxylation sites is 3. The first kappa shape index (κ1) is 24.5. The Morgan fingerprint density at radius 3 is 2.57 bits per heavy atom. The summed E-state index contributed by atoms with van der Waals surface area (Å²) in [6.45, 7) is 1.15. The number of carbonyl (C=O) groups excluding carboxylic acids is 2. The molecule has 10 nitrogen and oxygen atoms in total. The molecule has 4 rings (SSSR count). The molecule has 12 heteroatoms. The lowest BCUT2D eigenvalue weighted by atomic mass is 10.1. The fourth-order valence-electron chi connectivity index (χ4n) is 3.31. The largest absolute Gasteiger partial charge is 0.499 e. The van der Waals surface area contributed by atoms with Crippen LogP contribution in [0.5, 0.6) is 5.75 Å². The third-order valence-corrected chi connectivity index (χ3v) is 7.45. The maximum Gasteiger partial charge on any atom is 0.356 e. The Morgan fingerprint density at radius 2 is 1.89 bits per heavy atom. The van der Waals surface area contributed by atoms with Crippen molar-refractivity contribution in [3.8, 4) is 5.75 Å². The van der Waals surface area contributed by atoms with Crippen molar-refractivity contribution in [1.29, 1.82) is 0 Å². The molecule has 2 N–H and O–H groups in total. The van der Waals surface area contributed by atoms with E-state index in [4.69, 9.17) is 13.9 Å². The van der Waals surface area contributed by atoms with E-state index in [9.17, 15) is 19.5 Å². The highest BCUT2D eigenvalue weighted by molar-refractivity contribution is 8.76. The van der Waals surface area contributed by atoms with Crippen LogP contribution in [0.15, 0.2) is 75.7 Å². The Balaban J connectivity index is 1.50. The van der Waals surface area contributed by atoms with E-state index in [-0.39, 0.29) is 18.1 Å². The number of oxazole rings is 1. The van der Waals surface area contributed by atoms with Gasteiger partial charge in [0.2, 0.25) is 0 Å². The summed E-state index contributed by atoms with van der Waals surface area (Å²) in [6, 6.07) is 15.0. The number of carboxylic acid groups (broad SMARTS) is 1. The predicted molar refractivity (Wildman–Crippen MR) is 129 cm³/mol. The summed E-state index contributed by atoms with van der Waals surface area (Å²) >= 11 is 0. The van der Waals surface area contributed by atoms with E-state index in [1.54, 1.807) is 36.4 Å². The van der Waals surface area contributed by atoms with E-state index in [1.165, 1.54) is 14.0 Å². The molecule has 182 valence electrons. The molecule has 1 saturated heterocycles. The predicted octanol–water partition coefficient (Wildman–Crippen LogP) is 3.26. The molecular weight excluding hydrogens is 494 g/mol. The highest BCUT2D eigenvalue weighted by Crippen LogP contribution is 2.44. The number of hydrogen-bond acceptors (Lipinski definition) is 9. The van der Waals surface area contributed by atoms with Crippen molar-refractivity contribution in [2.24, 2.45) is 0 Å². The zero-order valence-corrected chi connectivity index (χ0v) is 20.3. The van der Waals surface area contributed by atoms with Gasteiger partial charge in [-0.05, 0) is 31.2 Å². The topological polar surface area (TPSA) is 131 Å². The third-order valence-electron chi connectivity index (χ3n) is 5.05. The number of β-lactam (4-membered cyclic amide) rings is 1. The maximum atomic E-state index is 13.0. The Hall–Kier alpha value is -3.64. The summed E-state index contributed by atoms with van der Waals surface area (Å²) in [6.07, 6.45) is 0. The van der Waals surface area contributed by atoms with Crippen LogP contribution in [-0.4, -0.2) is 57.9 Å². The summed E-state index contributed by atoms with van der Waals surface area (Å²) in [7, 11) is 3.59. The van der Waals surface area contributed by atoms with Gasteiger partial charge in [0.1, 0.15) is 28.4 Å². The number of benzene rings is 2. The summed E-state index contributed by atoms with van der Waals surface area (Å²) in [5.74, 6) is -1.86. The summed E-state index contributed by atoms with van der Waals surface area (Å²) in [5.41, 5.74) is 0.960. The molecule has 35 heavy (non-hydrogen) atoms. The van der Waals surface area contributed by atoms with Gasteiger partial charge in [0.15, 0.2) is 17.9 Å². The minimum absolute atomic E-state index is 0.0560. The van der Waals surface area contributed by atoms with Crippen molar-refractivity contribution in [3.05, 3.63) is 66.1 Å². The van der Waals surface area contributed by atoms with Crippen molar-refractivity contribution in [2.75, 3.05) is 13.7 Å². The van der Waals surface area contributed by atoms with Crippen LogP contribution in [0.4, 0.5) is 0 Å². The average Bonchev–Trinajstić information content (AvgIpc) is 3.28. The Morgan fingerprint density at radius 1 is 1.17 bits per heavy atom. The third kappa shape index (κ3) is 5.38. The van der Waals surface area contributed by atoms with Crippen LogP contribution in [0.3, 0.4) is 0 Å². The fourth-order valence-corrected chi connectivity index (χ4v) is 5.69. The number of rotatable bonds is 10. The number of nitrogens with zero attached hydrogens (tertiary/aromatic N) is 2. The molecule has 1 aliphatic rings. The molecule has 0 saturated carbocycles. The number of aliphatic carboxylic acids is 1. The molecule has 1 aromatic heterocycles. The van der Waals surface area contributed by atoms with Crippen molar-refractivity contribution in [1.82, 2.24) is 15.2 Å². The van der Waals surface area contributed by atoms with Crippen LogP contribution in [0, 0.1) is 0 Å². The number of fused-ring (bicyclic) bond motifs is 1. The smallest absolute Gasteiger partial charge is 0.356 e. The molecule has 2 atom stereocenters. The molecule has 3 aromatic rings. The van der Waals surface area contributed by atoms with Crippen LogP contribution in [0.25, 0.3) is 11.1 Å². The van der Waals surface area contributed by atoms with Gasteiger partial charge < -0.3 is 24.3 Å². The van der Waals surface area contributed by atoms with Gasteiger partial charge in [-0.15, -0.1) is 0 Å². The molecular formula is C23H21N3O7S2. The van der Waals surface area contributed by atoms with Crippen molar-refractivity contribution < 1.29 is 33.4 Å². The van der Waals surface area contributed by atoms with Crippen LogP contribution in [-0.2, 0) is 19.1 Å². The van der Waals surface area contributed by atoms with Crippen LogP contribution in [0.2, 0.25) is 0 Å². The molecule has 1 fully saturated rings. The highest BCUT2D eigenvalue weighted by atomic mass is 33.1. The number of amides is 2. The van der Waals surface area contributed by atoms with Crippen molar-refractivity contribution in [3.63, 3.8) is 0 Å². The van der Waals surface area contributed by atoms with Crippen LogP contribution in [0.1, 0.15) is 6.92 Å². The number of allylic oxidation sites excluding steroid dienone is 1. The lowest BCUT2D eigenvalue weighted by molar-refractivity contribution is -0.151. The zero-order valence-electron chi connectivity index (χ0n) is 18.7. The lowest BCUT2D eigenvalue weighted by Gasteiger charge is -2.46. The van der Waals surface area contributed by atoms with Crippen molar-refractivity contribution in [2.45, 2.75) is 23.6 Å². The second kappa shape index (κ2) is 10.7. The molecule has 2 heterocycles. The molecule has 0 radical (unpaired) electrons. The van der Waals surface area contributed by atoms with E-state index >= 15 is 0 Å². The van der Waals surface area contributed by atoms with Gasteiger partial charge in [-0.25, -0.2) is 9.78 Å². The second-order valence-corrected chi connectivity index (χ2v) is 9.56. The standard InChI is InChI=1S/C23H21N3O7S2/c1-13(31-2)19(22(29)30)26-20(28)18(25-17(27)12-32-14-8-4-3-5-9-14)21(26)34-35-23-24-15-10-6-7-11-16(15)33-23/h3-11,18,21H,12H2,1-2H3,(H,25,27)(H,29,30)/b19-13+. The number of likely N-dealkylation sites (tertiary alicyclic amines) is 1. The number of aromatic nitrogens is 1. The van der Waals surface area contributed by atoms with Crippen LogP contribution >= 0.6 is 21.6 Å². The molecule has 0 bridgehead atoms. The van der Waals surface area contributed by atoms with E-state index in [2.05, 4.69) is 10.3 Å². The summed E-state index contributed by atoms with van der Waals surface area (Å²) in [5, 5.41) is 11.9. The molecule has 0 spiro atoms. The second-order valence-electron chi connectivity index (χ2n) is 7.29. The number of methoxy groups -OCH3 is 1. The Bertz CT molecular complexity index is 1250. The normalized spacial score (nSPS) is 18.0. The zero-order chi connectivity index (χ0) is 24.9. The van der Waals surface area contributed by atoms with Crippen LogP contribution < -0.4 is 10.1 Å². The molecule has 1 aliphatic heterocycles. The van der Waals surface area contributed by atoms with Gasteiger partial charge >= 0.3 is 5.97 Å².